The van der Waals surface area contributed by atoms with Gasteiger partial charge in [-0.3, -0.25) is 0 Å². The number of carbonyl (C=O) groups is 2. The van der Waals surface area contributed by atoms with E-state index in [1.54, 1.807) is 45.0 Å². The van der Waals surface area contributed by atoms with E-state index in [0.29, 0.717) is 5.69 Å². The Balaban J connectivity index is 2.56. The Morgan fingerprint density at radius 3 is 2.40 bits per heavy atom. The van der Waals surface area contributed by atoms with Crippen LogP contribution < -0.4 is 15.8 Å². The van der Waals surface area contributed by atoms with Crippen molar-refractivity contribution in [2.24, 2.45) is 0 Å². The predicted molar refractivity (Wildman–Crippen MR) is 75.3 cm³/mol. The highest BCUT2D eigenvalue weighted by atomic mass is 16.6. The minimum absolute atomic E-state index is 0.260. The number of hydrogen-bond donors (Lipinski definition) is 2. The van der Waals surface area contributed by atoms with Gasteiger partial charge in [0.25, 0.3) is 0 Å². The topological polar surface area (TPSA) is 90.6 Å². The lowest BCUT2D eigenvalue weighted by Gasteiger charge is -2.21. The molecule has 0 unspecified atom stereocenters. The van der Waals surface area contributed by atoms with E-state index in [-0.39, 0.29) is 5.75 Å². The van der Waals surface area contributed by atoms with Crippen LogP contribution in [0.4, 0.5) is 10.5 Å². The molecule has 1 rings (SSSR count). The lowest BCUT2D eigenvalue weighted by molar-refractivity contribution is -0.136. The number of nitrogens with one attached hydrogen (secondary N) is 1. The molecule has 0 fully saturated rings. The number of carbonyl (C=O) groups excluding carboxylic acids is 2. The molecule has 0 radical (unpaired) electrons. The van der Waals surface area contributed by atoms with Gasteiger partial charge in [0.2, 0.25) is 0 Å². The molecule has 0 heterocycles. The average Bonchev–Trinajstić information content (AvgIpc) is 2.29. The maximum atomic E-state index is 11.8. The van der Waals surface area contributed by atoms with E-state index in [1.807, 2.05) is 0 Å². The van der Waals surface area contributed by atoms with Crippen molar-refractivity contribution in [2.75, 3.05) is 5.73 Å². The molecule has 0 aliphatic heterocycles. The third kappa shape index (κ3) is 5.17. The molecule has 0 saturated carbocycles. The number of benzene rings is 1. The van der Waals surface area contributed by atoms with E-state index in [2.05, 4.69) is 5.32 Å². The number of ether oxygens (including phenoxy) is 2. The minimum atomic E-state index is -0.843. The molecule has 0 spiro atoms. The van der Waals surface area contributed by atoms with Gasteiger partial charge in [0.1, 0.15) is 11.6 Å². The molecule has 0 saturated heterocycles. The van der Waals surface area contributed by atoms with Crippen LogP contribution in [0.5, 0.6) is 5.75 Å². The SMILES string of the molecule is C[C@H](NC(=O)OC(C)(C)C)C(=O)Oc1ccccc1N. The smallest absolute Gasteiger partial charge is 0.408 e. The van der Waals surface area contributed by atoms with Crippen molar-refractivity contribution in [2.45, 2.75) is 39.3 Å². The lowest BCUT2D eigenvalue weighted by Crippen LogP contribution is -2.43. The Kier molecular flexibility index (Phi) is 4.96. The first-order valence-corrected chi connectivity index (χ1v) is 6.25. The number of nitrogen functional groups attached to an aromatic ring is 1. The molecule has 110 valence electrons. The van der Waals surface area contributed by atoms with Gasteiger partial charge in [-0.25, -0.2) is 9.59 Å². The van der Waals surface area contributed by atoms with Crippen LogP contribution in [0.15, 0.2) is 24.3 Å². The fourth-order valence-electron chi connectivity index (χ4n) is 1.31. The molecule has 6 nitrogen and oxygen atoms in total. The maximum Gasteiger partial charge on any atom is 0.408 e. The molecule has 1 aromatic rings. The fraction of sp³-hybridized carbons (Fsp3) is 0.429. The van der Waals surface area contributed by atoms with Crippen LogP contribution in [-0.2, 0) is 9.53 Å². The summed E-state index contributed by atoms with van der Waals surface area (Å²) < 4.78 is 10.2. The fourth-order valence-corrected chi connectivity index (χ4v) is 1.31. The standard InChI is InChI=1S/C14H20N2O4/c1-9(16-13(18)20-14(2,3)4)12(17)19-11-8-6-5-7-10(11)15/h5-9H,15H2,1-4H3,(H,16,18)/t9-/m0/s1. The molecular formula is C14H20N2O4. The highest BCUT2D eigenvalue weighted by molar-refractivity contribution is 5.83. The largest absolute Gasteiger partial charge is 0.444 e. The van der Waals surface area contributed by atoms with Gasteiger partial charge >= 0.3 is 12.1 Å². The number of esters is 1. The van der Waals surface area contributed by atoms with Crippen molar-refractivity contribution in [3.8, 4) is 5.75 Å². The zero-order chi connectivity index (χ0) is 15.3. The summed E-state index contributed by atoms with van der Waals surface area (Å²) in [6.07, 6.45) is -0.678. The summed E-state index contributed by atoms with van der Waals surface area (Å²) in [7, 11) is 0. The highest BCUT2D eigenvalue weighted by Crippen LogP contribution is 2.20. The van der Waals surface area contributed by atoms with E-state index in [1.165, 1.54) is 6.92 Å². The molecule has 0 bridgehead atoms. The Morgan fingerprint density at radius 1 is 1.25 bits per heavy atom. The second-order valence-corrected chi connectivity index (χ2v) is 5.33. The molecule has 1 atom stereocenters. The number of rotatable bonds is 3. The zero-order valence-corrected chi connectivity index (χ0v) is 12.1. The summed E-state index contributed by atoms with van der Waals surface area (Å²) in [4.78, 5) is 23.3. The van der Waals surface area contributed by atoms with Gasteiger partial charge in [-0.1, -0.05) is 12.1 Å². The second kappa shape index (κ2) is 6.27. The van der Waals surface area contributed by atoms with Crippen molar-refractivity contribution in [1.82, 2.24) is 5.32 Å². The molecule has 0 aromatic heterocycles. The van der Waals surface area contributed by atoms with E-state index < -0.39 is 23.7 Å². The van der Waals surface area contributed by atoms with Crippen molar-refractivity contribution in [3.63, 3.8) is 0 Å². The number of para-hydroxylation sites is 2. The molecular weight excluding hydrogens is 260 g/mol. The van der Waals surface area contributed by atoms with E-state index in [4.69, 9.17) is 15.2 Å². The Morgan fingerprint density at radius 2 is 1.85 bits per heavy atom. The normalized spacial score (nSPS) is 12.4. The molecule has 0 aliphatic carbocycles. The van der Waals surface area contributed by atoms with Gasteiger partial charge in [0.05, 0.1) is 5.69 Å². The monoisotopic (exact) mass is 280 g/mol. The lowest BCUT2D eigenvalue weighted by atomic mass is 10.2. The summed E-state index contributed by atoms with van der Waals surface area (Å²) in [6, 6.07) is 5.78. The summed E-state index contributed by atoms with van der Waals surface area (Å²) in [6.45, 7) is 6.71. The van der Waals surface area contributed by atoms with E-state index >= 15 is 0 Å². The molecule has 20 heavy (non-hydrogen) atoms. The van der Waals surface area contributed by atoms with E-state index in [9.17, 15) is 9.59 Å². The zero-order valence-electron chi connectivity index (χ0n) is 12.1. The first-order chi connectivity index (χ1) is 9.19. The Labute approximate surface area is 118 Å². The summed E-state index contributed by atoms with van der Waals surface area (Å²) in [5.41, 5.74) is 5.39. The predicted octanol–water partition coefficient (Wildman–Crippen LogP) is 2.09. The molecule has 1 aromatic carbocycles. The van der Waals surface area contributed by atoms with Gasteiger partial charge in [-0.05, 0) is 39.8 Å². The van der Waals surface area contributed by atoms with Crippen molar-refractivity contribution >= 4 is 17.7 Å². The van der Waals surface area contributed by atoms with Crippen LogP contribution in [0.3, 0.4) is 0 Å². The average molecular weight is 280 g/mol. The number of nitrogens with two attached hydrogens (primary N) is 1. The summed E-state index contributed by atoms with van der Waals surface area (Å²) >= 11 is 0. The number of hydrogen-bond acceptors (Lipinski definition) is 5. The van der Waals surface area contributed by atoms with Crippen LogP contribution in [0.1, 0.15) is 27.7 Å². The number of alkyl carbamates (subject to hydrolysis) is 1. The van der Waals surface area contributed by atoms with Gasteiger partial charge in [0.15, 0.2) is 5.75 Å². The Bertz CT molecular complexity index is 494. The molecule has 0 aliphatic rings. The van der Waals surface area contributed by atoms with Gasteiger partial charge in [0, 0.05) is 0 Å². The van der Waals surface area contributed by atoms with Crippen LogP contribution in [0.25, 0.3) is 0 Å². The minimum Gasteiger partial charge on any atom is -0.444 e. The maximum absolute atomic E-state index is 11.8. The van der Waals surface area contributed by atoms with Gasteiger partial charge in [-0.2, -0.15) is 0 Å². The summed E-state index contributed by atoms with van der Waals surface area (Å²) in [5.74, 6) is -0.357. The number of amides is 1. The van der Waals surface area contributed by atoms with E-state index in [0.717, 1.165) is 0 Å². The van der Waals surface area contributed by atoms with Crippen molar-refractivity contribution in [3.05, 3.63) is 24.3 Å². The van der Waals surface area contributed by atoms with Crippen LogP contribution >= 0.6 is 0 Å². The van der Waals surface area contributed by atoms with Crippen LogP contribution in [-0.4, -0.2) is 23.7 Å². The van der Waals surface area contributed by atoms with Gasteiger partial charge in [-0.15, -0.1) is 0 Å². The van der Waals surface area contributed by atoms with Crippen LogP contribution in [0, 0.1) is 0 Å². The van der Waals surface area contributed by atoms with Gasteiger partial charge < -0.3 is 20.5 Å². The summed E-state index contributed by atoms with van der Waals surface area (Å²) in [5, 5.41) is 2.40. The second-order valence-electron chi connectivity index (χ2n) is 5.33. The Hall–Kier alpha value is -2.24. The quantitative estimate of drug-likeness (QED) is 0.502. The number of anilines is 1. The van der Waals surface area contributed by atoms with Crippen molar-refractivity contribution < 1.29 is 19.1 Å². The van der Waals surface area contributed by atoms with Crippen LogP contribution in [0.2, 0.25) is 0 Å². The third-order valence-corrected chi connectivity index (χ3v) is 2.22. The molecule has 1 amide bonds. The molecule has 6 heteroatoms. The molecule has 3 N–H and O–H groups in total. The highest BCUT2D eigenvalue weighted by Gasteiger charge is 2.22. The third-order valence-electron chi connectivity index (χ3n) is 2.22. The first-order valence-electron chi connectivity index (χ1n) is 6.25. The first kappa shape index (κ1) is 15.8. The van der Waals surface area contributed by atoms with Crippen molar-refractivity contribution in [1.29, 1.82) is 0 Å².